The number of hydrogen-bond donors (Lipinski definition) is 1. The van der Waals surface area contributed by atoms with Gasteiger partial charge in [-0.15, -0.1) is 0 Å². The Morgan fingerprint density at radius 2 is 2.46 bits per heavy atom. The van der Waals surface area contributed by atoms with E-state index in [4.69, 9.17) is 4.74 Å². The zero-order valence-corrected chi connectivity index (χ0v) is 7.57. The van der Waals surface area contributed by atoms with Crippen LogP contribution in [0.1, 0.15) is 11.6 Å². The fraction of sp³-hybridized carbons (Fsp3) is 0.500. The van der Waals surface area contributed by atoms with Crippen LogP contribution < -0.4 is 5.32 Å². The minimum absolute atomic E-state index is 0.406. The molecule has 2 rings (SSSR count). The number of pyridine rings is 1. The average molecular weight is 178 g/mol. The normalized spacial score (nSPS) is 23.8. The monoisotopic (exact) mass is 178 g/mol. The molecule has 70 valence electrons. The summed E-state index contributed by atoms with van der Waals surface area (Å²) in [6, 6.07) is 6.02. The molecule has 0 saturated carbocycles. The third-order valence-electron chi connectivity index (χ3n) is 2.24. The van der Waals surface area contributed by atoms with Gasteiger partial charge in [0.2, 0.25) is 0 Å². The van der Waals surface area contributed by atoms with Crippen molar-refractivity contribution in [2.45, 2.75) is 5.92 Å². The average Bonchev–Trinajstić information content (AvgIpc) is 2.47. The minimum Gasteiger partial charge on any atom is -0.379 e. The third kappa shape index (κ3) is 2.26. The fourth-order valence-electron chi connectivity index (χ4n) is 1.51. The molecule has 1 aromatic rings. The van der Waals surface area contributed by atoms with Gasteiger partial charge in [0, 0.05) is 30.9 Å². The summed E-state index contributed by atoms with van der Waals surface area (Å²) in [6.45, 7) is 3.51. The Morgan fingerprint density at radius 1 is 1.46 bits per heavy atom. The second kappa shape index (κ2) is 4.35. The molecule has 1 aliphatic rings. The molecule has 0 aromatic carbocycles. The first-order chi connectivity index (χ1) is 6.47. The Balaban J connectivity index is 2.06. The topological polar surface area (TPSA) is 34.1 Å². The second-order valence-electron chi connectivity index (χ2n) is 3.23. The highest BCUT2D eigenvalue weighted by atomic mass is 16.5. The van der Waals surface area contributed by atoms with Gasteiger partial charge in [0.15, 0.2) is 0 Å². The lowest BCUT2D eigenvalue weighted by Crippen LogP contribution is -2.21. The SMILES string of the molecule is c1ccc([C@H]2CNCCOC2)nc1. The maximum absolute atomic E-state index is 5.46. The number of rotatable bonds is 1. The molecular formula is C10H14N2O. The van der Waals surface area contributed by atoms with E-state index in [1.54, 1.807) is 0 Å². The molecular weight excluding hydrogens is 164 g/mol. The van der Waals surface area contributed by atoms with Crippen LogP contribution in [-0.2, 0) is 4.74 Å². The third-order valence-corrected chi connectivity index (χ3v) is 2.24. The molecule has 0 amide bonds. The van der Waals surface area contributed by atoms with E-state index < -0.39 is 0 Å². The van der Waals surface area contributed by atoms with Gasteiger partial charge in [-0.25, -0.2) is 0 Å². The van der Waals surface area contributed by atoms with Crippen molar-refractivity contribution in [2.24, 2.45) is 0 Å². The van der Waals surface area contributed by atoms with Gasteiger partial charge in [-0.3, -0.25) is 4.98 Å². The summed E-state index contributed by atoms with van der Waals surface area (Å²) in [7, 11) is 0. The van der Waals surface area contributed by atoms with Crippen molar-refractivity contribution in [3.05, 3.63) is 30.1 Å². The first-order valence-corrected chi connectivity index (χ1v) is 4.66. The van der Waals surface area contributed by atoms with Crippen molar-refractivity contribution >= 4 is 0 Å². The van der Waals surface area contributed by atoms with Crippen molar-refractivity contribution in [2.75, 3.05) is 26.3 Å². The van der Waals surface area contributed by atoms with Gasteiger partial charge in [0.1, 0.15) is 0 Å². The van der Waals surface area contributed by atoms with E-state index in [0.717, 1.165) is 32.0 Å². The van der Waals surface area contributed by atoms with Crippen LogP contribution in [0.4, 0.5) is 0 Å². The van der Waals surface area contributed by atoms with Crippen LogP contribution in [0.25, 0.3) is 0 Å². The summed E-state index contributed by atoms with van der Waals surface area (Å²) >= 11 is 0. The van der Waals surface area contributed by atoms with Gasteiger partial charge >= 0.3 is 0 Å². The molecule has 1 atom stereocenters. The standard InChI is InChI=1S/C10H14N2O/c1-2-4-12-10(3-1)9-7-11-5-6-13-8-9/h1-4,9,11H,5-8H2/t9-/m0/s1. The van der Waals surface area contributed by atoms with Crippen LogP contribution in [0.2, 0.25) is 0 Å². The lowest BCUT2D eigenvalue weighted by molar-refractivity contribution is 0.140. The fourth-order valence-corrected chi connectivity index (χ4v) is 1.51. The van der Waals surface area contributed by atoms with Gasteiger partial charge in [-0.05, 0) is 12.1 Å². The number of hydrogen-bond acceptors (Lipinski definition) is 3. The smallest absolute Gasteiger partial charge is 0.0591 e. The van der Waals surface area contributed by atoms with Crippen molar-refractivity contribution in [1.29, 1.82) is 0 Å². The van der Waals surface area contributed by atoms with Crippen LogP contribution in [0, 0.1) is 0 Å². The highest BCUT2D eigenvalue weighted by Gasteiger charge is 2.14. The summed E-state index contributed by atoms with van der Waals surface area (Å²) in [6.07, 6.45) is 1.83. The molecule has 0 spiro atoms. The summed E-state index contributed by atoms with van der Waals surface area (Å²) in [5.74, 6) is 0.406. The van der Waals surface area contributed by atoms with E-state index in [1.165, 1.54) is 0 Å². The molecule has 2 heterocycles. The Kier molecular flexibility index (Phi) is 2.90. The predicted molar refractivity (Wildman–Crippen MR) is 50.7 cm³/mol. The van der Waals surface area contributed by atoms with E-state index in [2.05, 4.69) is 16.4 Å². The van der Waals surface area contributed by atoms with Gasteiger partial charge in [0.05, 0.1) is 13.2 Å². The predicted octanol–water partition coefficient (Wildman–Crippen LogP) is 0.785. The van der Waals surface area contributed by atoms with Crippen molar-refractivity contribution < 1.29 is 4.74 Å². The largest absolute Gasteiger partial charge is 0.379 e. The second-order valence-corrected chi connectivity index (χ2v) is 3.23. The van der Waals surface area contributed by atoms with Crippen LogP contribution in [0.5, 0.6) is 0 Å². The molecule has 1 N–H and O–H groups in total. The van der Waals surface area contributed by atoms with Gasteiger partial charge < -0.3 is 10.1 Å². The molecule has 1 saturated heterocycles. The lowest BCUT2D eigenvalue weighted by Gasteiger charge is -2.12. The highest BCUT2D eigenvalue weighted by Crippen LogP contribution is 2.13. The molecule has 0 unspecified atom stereocenters. The molecule has 0 bridgehead atoms. The molecule has 1 aliphatic heterocycles. The highest BCUT2D eigenvalue weighted by molar-refractivity contribution is 5.10. The molecule has 3 heteroatoms. The van der Waals surface area contributed by atoms with E-state index in [0.29, 0.717) is 5.92 Å². The molecule has 3 nitrogen and oxygen atoms in total. The molecule has 13 heavy (non-hydrogen) atoms. The summed E-state index contributed by atoms with van der Waals surface area (Å²) in [5, 5.41) is 3.33. The first-order valence-electron chi connectivity index (χ1n) is 4.66. The number of ether oxygens (including phenoxy) is 1. The summed E-state index contributed by atoms with van der Waals surface area (Å²) in [5.41, 5.74) is 1.12. The van der Waals surface area contributed by atoms with Crippen LogP contribution in [-0.4, -0.2) is 31.3 Å². The van der Waals surface area contributed by atoms with E-state index in [-0.39, 0.29) is 0 Å². The van der Waals surface area contributed by atoms with Crippen LogP contribution >= 0.6 is 0 Å². The first kappa shape index (κ1) is 8.66. The maximum atomic E-state index is 5.46. The van der Waals surface area contributed by atoms with Crippen LogP contribution in [0.15, 0.2) is 24.4 Å². The number of nitrogens with zero attached hydrogens (tertiary/aromatic N) is 1. The molecule has 1 fully saturated rings. The number of nitrogens with one attached hydrogen (secondary N) is 1. The number of aromatic nitrogens is 1. The molecule has 0 aliphatic carbocycles. The maximum Gasteiger partial charge on any atom is 0.0591 e. The van der Waals surface area contributed by atoms with Crippen molar-refractivity contribution in [3.63, 3.8) is 0 Å². The van der Waals surface area contributed by atoms with E-state index in [1.807, 2.05) is 18.3 Å². The Hall–Kier alpha value is -0.930. The van der Waals surface area contributed by atoms with Gasteiger partial charge in [-0.2, -0.15) is 0 Å². The Bertz CT molecular complexity index is 242. The van der Waals surface area contributed by atoms with Crippen LogP contribution in [0.3, 0.4) is 0 Å². The lowest BCUT2D eigenvalue weighted by atomic mass is 10.1. The van der Waals surface area contributed by atoms with Crippen molar-refractivity contribution in [1.82, 2.24) is 10.3 Å². The van der Waals surface area contributed by atoms with E-state index >= 15 is 0 Å². The van der Waals surface area contributed by atoms with Gasteiger partial charge in [-0.1, -0.05) is 6.07 Å². The minimum atomic E-state index is 0.406. The van der Waals surface area contributed by atoms with E-state index in [9.17, 15) is 0 Å². The summed E-state index contributed by atoms with van der Waals surface area (Å²) < 4.78 is 5.46. The molecule has 1 aromatic heterocycles. The van der Waals surface area contributed by atoms with Gasteiger partial charge in [0.25, 0.3) is 0 Å². The quantitative estimate of drug-likeness (QED) is 0.690. The zero-order chi connectivity index (χ0) is 8.93. The molecule has 0 radical (unpaired) electrons. The Morgan fingerprint density at radius 3 is 3.31 bits per heavy atom. The zero-order valence-electron chi connectivity index (χ0n) is 7.57. The van der Waals surface area contributed by atoms with Crippen molar-refractivity contribution in [3.8, 4) is 0 Å². The Labute approximate surface area is 78.1 Å². The summed E-state index contributed by atoms with van der Waals surface area (Å²) in [4.78, 5) is 4.32.